The monoisotopic (exact) mass is 310 g/mol. The number of likely N-dealkylation sites (N-methyl/N-ethyl adjacent to an activating group) is 1. The summed E-state index contributed by atoms with van der Waals surface area (Å²) >= 11 is 0. The van der Waals surface area contributed by atoms with Gasteiger partial charge in [0.15, 0.2) is 0 Å². The minimum atomic E-state index is -3.69. The van der Waals surface area contributed by atoms with Gasteiger partial charge >= 0.3 is 0 Å². The van der Waals surface area contributed by atoms with E-state index in [1.807, 2.05) is 13.0 Å². The molecule has 0 radical (unpaired) electrons. The number of fused-ring (bicyclic) bond motifs is 1. The van der Waals surface area contributed by atoms with E-state index in [1.54, 1.807) is 17.0 Å². The van der Waals surface area contributed by atoms with Crippen molar-refractivity contribution in [1.82, 2.24) is 9.21 Å². The third kappa shape index (κ3) is 2.40. The van der Waals surface area contributed by atoms with Crippen molar-refractivity contribution in [2.75, 3.05) is 32.8 Å². The largest absolute Gasteiger partial charge is 0.492 e. The second-order valence-corrected chi connectivity index (χ2v) is 7.06. The smallest absolute Gasteiger partial charge is 0.247 e. The highest BCUT2D eigenvalue weighted by molar-refractivity contribution is 7.89. The number of carbonyl (C=O) groups is 1. The Kier molecular flexibility index (Phi) is 3.62. The number of rotatable bonds is 3. The number of ether oxygens (including phenoxy) is 1. The average molecular weight is 310 g/mol. The average Bonchev–Trinajstić information content (AvgIpc) is 2.95. The molecule has 0 bridgehead atoms. The number of benzene rings is 1. The molecular formula is C14H18N2O4S. The molecule has 0 N–H and O–H groups in total. The lowest BCUT2D eigenvalue weighted by atomic mass is 10.2. The van der Waals surface area contributed by atoms with Crippen LogP contribution in [0, 0.1) is 0 Å². The molecule has 0 unspecified atom stereocenters. The Hall–Kier alpha value is -1.60. The molecule has 0 saturated carbocycles. The van der Waals surface area contributed by atoms with Crippen molar-refractivity contribution in [2.45, 2.75) is 18.2 Å². The normalized spacial score (nSPS) is 19.5. The fraction of sp³-hybridized carbons (Fsp3) is 0.500. The van der Waals surface area contributed by atoms with Gasteiger partial charge in [-0.05, 0) is 18.6 Å². The van der Waals surface area contributed by atoms with Crippen LogP contribution in [0.2, 0.25) is 0 Å². The topological polar surface area (TPSA) is 66.9 Å². The zero-order chi connectivity index (χ0) is 15.0. The molecule has 1 aromatic rings. The maximum atomic E-state index is 12.8. The number of hydrogen-bond donors (Lipinski definition) is 0. The Morgan fingerprint density at radius 3 is 2.81 bits per heavy atom. The molecule has 6 nitrogen and oxygen atoms in total. The van der Waals surface area contributed by atoms with Crippen LogP contribution in [0.3, 0.4) is 0 Å². The number of para-hydroxylation sites is 1. The summed E-state index contributed by atoms with van der Waals surface area (Å²) in [5.74, 6) is 0.295. The first-order valence-electron chi connectivity index (χ1n) is 7.06. The molecule has 1 amide bonds. The lowest BCUT2D eigenvalue weighted by Gasteiger charge is -2.33. The molecule has 1 saturated heterocycles. The summed E-state index contributed by atoms with van der Waals surface area (Å²) in [6, 6.07) is 5.15. The van der Waals surface area contributed by atoms with Crippen molar-refractivity contribution in [2.24, 2.45) is 0 Å². The highest BCUT2D eigenvalue weighted by Gasteiger charge is 2.35. The van der Waals surface area contributed by atoms with E-state index in [9.17, 15) is 13.2 Å². The Labute approximate surface area is 124 Å². The molecule has 0 atom stereocenters. The molecule has 3 rings (SSSR count). The fourth-order valence-electron chi connectivity index (χ4n) is 2.75. The summed E-state index contributed by atoms with van der Waals surface area (Å²) in [6.45, 7) is 3.66. The van der Waals surface area contributed by atoms with Crippen LogP contribution >= 0.6 is 0 Å². The van der Waals surface area contributed by atoms with Gasteiger partial charge in [0.1, 0.15) is 10.6 Å². The minimum Gasteiger partial charge on any atom is -0.492 e. The molecule has 21 heavy (non-hydrogen) atoms. The van der Waals surface area contributed by atoms with Gasteiger partial charge in [0.25, 0.3) is 0 Å². The van der Waals surface area contributed by atoms with Gasteiger partial charge in [0, 0.05) is 26.1 Å². The van der Waals surface area contributed by atoms with E-state index in [2.05, 4.69) is 0 Å². The van der Waals surface area contributed by atoms with Crippen LogP contribution in [-0.2, 0) is 21.2 Å². The Morgan fingerprint density at radius 1 is 1.29 bits per heavy atom. The fourth-order valence-corrected chi connectivity index (χ4v) is 4.31. The van der Waals surface area contributed by atoms with Crippen LogP contribution in [0.25, 0.3) is 0 Å². The van der Waals surface area contributed by atoms with Crippen molar-refractivity contribution in [1.29, 1.82) is 0 Å². The molecule has 2 aliphatic heterocycles. The third-order valence-electron chi connectivity index (χ3n) is 3.96. The molecule has 0 spiro atoms. The predicted molar refractivity (Wildman–Crippen MR) is 76.7 cm³/mol. The number of carbonyl (C=O) groups excluding carboxylic acids is 1. The van der Waals surface area contributed by atoms with Crippen LogP contribution in [0.4, 0.5) is 0 Å². The van der Waals surface area contributed by atoms with Crippen LogP contribution in [0.5, 0.6) is 5.75 Å². The van der Waals surface area contributed by atoms with Crippen LogP contribution in [0.1, 0.15) is 12.5 Å². The lowest BCUT2D eigenvalue weighted by Crippen LogP contribution is -2.51. The summed E-state index contributed by atoms with van der Waals surface area (Å²) in [5.41, 5.74) is 0.912. The van der Waals surface area contributed by atoms with Crippen molar-refractivity contribution in [3.05, 3.63) is 23.8 Å². The first kappa shape index (κ1) is 14.3. The summed E-state index contributed by atoms with van der Waals surface area (Å²) in [7, 11) is -3.69. The van der Waals surface area contributed by atoms with Crippen LogP contribution in [-0.4, -0.2) is 56.3 Å². The van der Waals surface area contributed by atoms with Crippen molar-refractivity contribution >= 4 is 15.9 Å². The molecule has 1 aromatic carbocycles. The standard InChI is InChI=1S/C14H18N2O4S/c1-2-15-7-8-16(10-13(15)17)21(18,19)12-5-3-4-11-6-9-20-14(11)12/h3-5H,2,6-10H2,1H3. The molecule has 0 aromatic heterocycles. The van der Waals surface area contributed by atoms with E-state index >= 15 is 0 Å². The SMILES string of the molecule is CCN1CCN(S(=O)(=O)c2cccc3c2OCC3)CC1=O. The summed E-state index contributed by atoms with van der Waals surface area (Å²) in [4.78, 5) is 13.8. The van der Waals surface area contributed by atoms with Gasteiger partial charge in [-0.25, -0.2) is 8.42 Å². The van der Waals surface area contributed by atoms with Gasteiger partial charge in [-0.2, -0.15) is 4.31 Å². The Morgan fingerprint density at radius 2 is 2.10 bits per heavy atom. The molecule has 1 fully saturated rings. The van der Waals surface area contributed by atoms with E-state index in [0.29, 0.717) is 32.0 Å². The highest BCUT2D eigenvalue weighted by Crippen LogP contribution is 2.34. The van der Waals surface area contributed by atoms with Crippen molar-refractivity contribution < 1.29 is 17.9 Å². The lowest BCUT2D eigenvalue weighted by molar-refractivity contribution is -0.133. The molecule has 7 heteroatoms. The number of sulfonamides is 1. The number of amides is 1. The van der Waals surface area contributed by atoms with Crippen molar-refractivity contribution in [3.63, 3.8) is 0 Å². The van der Waals surface area contributed by atoms with E-state index in [0.717, 1.165) is 12.0 Å². The van der Waals surface area contributed by atoms with E-state index in [4.69, 9.17) is 4.74 Å². The first-order chi connectivity index (χ1) is 10.0. The Balaban J connectivity index is 1.92. The maximum Gasteiger partial charge on any atom is 0.247 e. The van der Waals surface area contributed by atoms with Gasteiger partial charge in [0.05, 0.1) is 13.2 Å². The second-order valence-electron chi connectivity index (χ2n) is 5.15. The number of hydrogen-bond acceptors (Lipinski definition) is 4. The third-order valence-corrected chi connectivity index (χ3v) is 5.83. The molecular weight excluding hydrogens is 292 g/mol. The van der Waals surface area contributed by atoms with Gasteiger partial charge in [-0.15, -0.1) is 0 Å². The van der Waals surface area contributed by atoms with Gasteiger partial charge < -0.3 is 9.64 Å². The zero-order valence-corrected chi connectivity index (χ0v) is 12.7. The highest BCUT2D eigenvalue weighted by atomic mass is 32.2. The zero-order valence-electron chi connectivity index (χ0n) is 11.9. The maximum absolute atomic E-state index is 12.8. The quantitative estimate of drug-likeness (QED) is 0.814. The predicted octanol–water partition coefficient (Wildman–Crippen LogP) is 0.474. The van der Waals surface area contributed by atoms with E-state index in [1.165, 1.54) is 4.31 Å². The first-order valence-corrected chi connectivity index (χ1v) is 8.50. The van der Waals surface area contributed by atoms with Gasteiger partial charge in [-0.1, -0.05) is 12.1 Å². The number of nitrogens with zero attached hydrogens (tertiary/aromatic N) is 2. The summed E-state index contributed by atoms with van der Waals surface area (Å²) in [5, 5.41) is 0. The molecule has 2 aliphatic rings. The summed E-state index contributed by atoms with van der Waals surface area (Å²) in [6.07, 6.45) is 0.723. The van der Waals surface area contributed by atoms with Gasteiger partial charge in [0.2, 0.25) is 15.9 Å². The van der Waals surface area contributed by atoms with Crippen LogP contribution in [0.15, 0.2) is 23.1 Å². The second kappa shape index (κ2) is 5.31. The number of piperazine rings is 1. The van der Waals surface area contributed by atoms with Gasteiger partial charge in [-0.3, -0.25) is 4.79 Å². The summed E-state index contributed by atoms with van der Waals surface area (Å²) < 4.78 is 32.2. The van der Waals surface area contributed by atoms with Crippen molar-refractivity contribution in [3.8, 4) is 5.75 Å². The Bertz CT molecular complexity index is 672. The van der Waals surface area contributed by atoms with E-state index < -0.39 is 10.0 Å². The molecule has 2 heterocycles. The molecule has 0 aliphatic carbocycles. The van der Waals surface area contributed by atoms with E-state index in [-0.39, 0.29) is 17.3 Å². The van der Waals surface area contributed by atoms with Crippen LogP contribution < -0.4 is 4.74 Å². The minimum absolute atomic E-state index is 0.0974. The molecule has 114 valence electrons.